The van der Waals surface area contributed by atoms with E-state index in [9.17, 15) is 18.1 Å². The maximum absolute atomic E-state index is 13.6. The van der Waals surface area contributed by atoms with Crippen LogP contribution in [0.25, 0.3) is 22.4 Å². The number of nitrogens with zero attached hydrogens (tertiary/aromatic N) is 2. The molecule has 0 aliphatic rings. The van der Waals surface area contributed by atoms with Crippen LogP contribution in [-0.4, -0.2) is 19.7 Å². The summed E-state index contributed by atoms with van der Waals surface area (Å²) < 4.78 is 37.3. The van der Waals surface area contributed by atoms with Crippen molar-refractivity contribution in [2.24, 2.45) is 0 Å². The topological polar surface area (TPSA) is 82.8 Å². The lowest BCUT2D eigenvalue weighted by molar-refractivity contribution is 0.602. The largest absolute Gasteiger partial charge is 0.362 e. The first-order valence-corrected chi connectivity index (χ1v) is 12.5. The second-order valence-electron chi connectivity index (χ2n) is 7.97. The number of hydrogen-bond acceptors (Lipinski definition) is 5. The quantitative estimate of drug-likeness (QED) is 0.373. The molecule has 1 unspecified atom stereocenters. The van der Waals surface area contributed by atoms with Crippen molar-refractivity contribution < 1.29 is 12.8 Å². The summed E-state index contributed by atoms with van der Waals surface area (Å²) in [5.41, 5.74) is 3.93. The minimum Gasteiger partial charge on any atom is -0.362 e. The normalized spacial score (nSPS) is 12.1. The smallest absolute Gasteiger partial charge is 0.175 e. The Morgan fingerprint density at radius 1 is 0.941 bits per heavy atom. The van der Waals surface area contributed by atoms with Gasteiger partial charge in [-0.3, -0.25) is 0 Å². The molecule has 0 spiro atoms. The Morgan fingerprint density at radius 3 is 2.15 bits per heavy atom. The fourth-order valence-corrected chi connectivity index (χ4v) is 4.30. The zero-order valence-electron chi connectivity index (χ0n) is 18.7. The number of rotatable bonds is 6. The molecule has 0 aliphatic carbocycles. The van der Waals surface area contributed by atoms with Gasteiger partial charge in [-0.05, 0) is 60.5 Å². The number of nitrogens with one attached hydrogen (secondary N) is 1. The molecule has 3 aromatic carbocycles. The van der Waals surface area contributed by atoms with Gasteiger partial charge >= 0.3 is 0 Å². The minimum absolute atomic E-state index is 0.109. The van der Waals surface area contributed by atoms with Gasteiger partial charge in [0.05, 0.1) is 16.2 Å². The molecule has 0 saturated heterocycles. The summed E-state index contributed by atoms with van der Waals surface area (Å²) in [4.78, 5) is 4.98. The van der Waals surface area contributed by atoms with Gasteiger partial charge in [-0.25, -0.2) is 17.8 Å². The molecule has 170 valence electrons. The van der Waals surface area contributed by atoms with Gasteiger partial charge in [-0.1, -0.05) is 42.5 Å². The highest BCUT2D eigenvalue weighted by atomic mass is 32.2. The lowest BCUT2D eigenvalue weighted by Crippen LogP contribution is -2.10. The van der Waals surface area contributed by atoms with Crippen LogP contribution in [0.4, 0.5) is 10.2 Å². The van der Waals surface area contributed by atoms with Gasteiger partial charge in [0.15, 0.2) is 9.84 Å². The summed E-state index contributed by atoms with van der Waals surface area (Å²) in [7, 11) is -3.35. The first-order valence-electron chi connectivity index (χ1n) is 10.6. The third-order valence-electron chi connectivity index (χ3n) is 5.51. The highest BCUT2D eigenvalue weighted by molar-refractivity contribution is 7.90. The number of nitriles is 1. The van der Waals surface area contributed by atoms with Gasteiger partial charge in [0.2, 0.25) is 0 Å². The van der Waals surface area contributed by atoms with Crippen molar-refractivity contribution >= 4 is 15.7 Å². The van der Waals surface area contributed by atoms with Crippen LogP contribution in [0.5, 0.6) is 0 Å². The Bertz CT molecular complexity index is 1460. The van der Waals surface area contributed by atoms with Crippen molar-refractivity contribution in [2.45, 2.75) is 17.9 Å². The zero-order valence-corrected chi connectivity index (χ0v) is 19.5. The van der Waals surface area contributed by atoms with E-state index in [1.54, 1.807) is 30.3 Å². The summed E-state index contributed by atoms with van der Waals surface area (Å²) >= 11 is 0. The van der Waals surface area contributed by atoms with Gasteiger partial charge < -0.3 is 5.32 Å². The average molecular weight is 472 g/mol. The zero-order chi connectivity index (χ0) is 24.3. The van der Waals surface area contributed by atoms with E-state index in [1.807, 2.05) is 37.3 Å². The van der Waals surface area contributed by atoms with E-state index in [4.69, 9.17) is 4.98 Å². The summed E-state index contributed by atoms with van der Waals surface area (Å²) in [6, 6.07) is 26.0. The van der Waals surface area contributed by atoms with E-state index in [2.05, 4.69) is 11.4 Å². The summed E-state index contributed by atoms with van der Waals surface area (Å²) in [6.45, 7) is 1.98. The predicted octanol–water partition coefficient (Wildman–Crippen LogP) is 6.00. The summed E-state index contributed by atoms with van der Waals surface area (Å²) in [6.07, 6.45) is 1.15. The van der Waals surface area contributed by atoms with Crippen molar-refractivity contribution in [2.75, 3.05) is 11.6 Å². The first-order chi connectivity index (χ1) is 16.3. The Kier molecular flexibility index (Phi) is 6.44. The lowest BCUT2D eigenvalue weighted by atomic mass is 9.97. The Balaban J connectivity index is 1.85. The molecule has 4 rings (SSSR count). The molecule has 0 fully saturated rings. The maximum Gasteiger partial charge on any atom is 0.175 e. The van der Waals surface area contributed by atoms with E-state index >= 15 is 0 Å². The van der Waals surface area contributed by atoms with Gasteiger partial charge in [0, 0.05) is 23.4 Å². The minimum atomic E-state index is -3.35. The van der Waals surface area contributed by atoms with Crippen molar-refractivity contribution in [3.8, 4) is 28.5 Å². The van der Waals surface area contributed by atoms with Crippen LogP contribution in [0, 0.1) is 17.1 Å². The third kappa shape index (κ3) is 4.98. The maximum atomic E-state index is 13.6. The molecule has 1 heterocycles. The fourth-order valence-electron chi connectivity index (χ4n) is 3.67. The molecule has 0 amide bonds. The Hall–Kier alpha value is -4.02. The molecule has 0 bridgehead atoms. The number of sulfone groups is 1. The molecule has 4 aromatic rings. The van der Waals surface area contributed by atoms with E-state index in [0.29, 0.717) is 33.8 Å². The third-order valence-corrected chi connectivity index (χ3v) is 6.64. The molecule has 5 nitrogen and oxygen atoms in total. The van der Waals surface area contributed by atoms with Crippen molar-refractivity contribution in [3.63, 3.8) is 0 Å². The average Bonchev–Trinajstić information content (AvgIpc) is 2.84. The second-order valence-corrected chi connectivity index (χ2v) is 9.99. The molecule has 0 saturated carbocycles. The predicted molar refractivity (Wildman–Crippen MR) is 131 cm³/mol. The Morgan fingerprint density at radius 2 is 1.56 bits per heavy atom. The molecular weight excluding hydrogens is 449 g/mol. The molecule has 0 aliphatic heterocycles. The molecule has 34 heavy (non-hydrogen) atoms. The van der Waals surface area contributed by atoms with Gasteiger partial charge in [0.1, 0.15) is 17.7 Å². The van der Waals surface area contributed by atoms with Crippen LogP contribution in [0.15, 0.2) is 89.8 Å². The van der Waals surface area contributed by atoms with Crippen LogP contribution >= 0.6 is 0 Å². The number of hydrogen-bond donors (Lipinski definition) is 1. The number of aromatic nitrogens is 1. The first kappa shape index (κ1) is 23.1. The van der Waals surface area contributed by atoms with Crippen LogP contribution in [-0.2, 0) is 9.84 Å². The highest BCUT2D eigenvalue weighted by Gasteiger charge is 2.18. The number of halogens is 1. The molecule has 7 heteroatoms. The van der Waals surface area contributed by atoms with Crippen LogP contribution < -0.4 is 5.32 Å². The SMILES string of the molecule is CC(Nc1nc(-c2ccc(F)cc2)c(-c2ccc(S(C)(=O)=O)cc2)cc1C#N)c1ccccc1. The molecule has 0 radical (unpaired) electrons. The monoisotopic (exact) mass is 471 g/mol. The van der Waals surface area contributed by atoms with Gasteiger partial charge in [0.25, 0.3) is 0 Å². The summed E-state index contributed by atoms with van der Waals surface area (Å²) in [5, 5.41) is 13.2. The van der Waals surface area contributed by atoms with Gasteiger partial charge in [-0.15, -0.1) is 0 Å². The fraction of sp³-hybridized carbons (Fsp3) is 0.111. The van der Waals surface area contributed by atoms with E-state index in [0.717, 1.165) is 11.8 Å². The number of benzene rings is 3. The second kappa shape index (κ2) is 9.46. The van der Waals surface area contributed by atoms with E-state index in [-0.39, 0.29) is 16.8 Å². The van der Waals surface area contributed by atoms with E-state index in [1.165, 1.54) is 24.3 Å². The van der Waals surface area contributed by atoms with Crippen LogP contribution in [0.2, 0.25) is 0 Å². The van der Waals surface area contributed by atoms with Crippen LogP contribution in [0.1, 0.15) is 24.1 Å². The number of pyridine rings is 1. The standard InChI is InChI=1S/C27H22FN3O2S/c1-18(19-6-4-3-5-7-19)30-27-22(17-29)16-25(20-10-14-24(15-11-20)34(2,32)33)26(31-27)21-8-12-23(28)13-9-21/h3-16,18H,1-2H3,(H,30,31). The Labute approximate surface area is 198 Å². The number of anilines is 1. The van der Waals surface area contributed by atoms with Crippen molar-refractivity contribution in [3.05, 3.63) is 102 Å². The highest BCUT2D eigenvalue weighted by Crippen LogP contribution is 2.35. The van der Waals surface area contributed by atoms with Gasteiger partial charge in [-0.2, -0.15) is 5.26 Å². The molecule has 1 N–H and O–H groups in total. The van der Waals surface area contributed by atoms with Crippen molar-refractivity contribution in [1.29, 1.82) is 5.26 Å². The molecular formula is C27H22FN3O2S. The van der Waals surface area contributed by atoms with Crippen molar-refractivity contribution in [1.82, 2.24) is 4.98 Å². The summed E-state index contributed by atoms with van der Waals surface area (Å²) in [5.74, 6) is 0.0437. The lowest BCUT2D eigenvalue weighted by Gasteiger charge is -2.19. The molecule has 1 aromatic heterocycles. The van der Waals surface area contributed by atoms with Crippen LogP contribution in [0.3, 0.4) is 0 Å². The molecule has 1 atom stereocenters. The van der Waals surface area contributed by atoms with E-state index < -0.39 is 9.84 Å².